The van der Waals surface area contributed by atoms with E-state index in [1.54, 1.807) is 27.7 Å². The number of ether oxygens (including phenoxy) is 1. The zero-order valence-corrected chi connectivity index (χ0v) is 12.7. The van der Waals surface area contributed by atoms with E-state index in [1.807, 2.05) is 0 Å². The van der Waals surface area contributed by atoms with Crippen LogP contribution in [0.1, 0.15) is 34.1 Å². The number of esters is 1. The molecular formula is C14H21NO6. The van der Waals surface area contributed by atoms with Crippen molar-refractivity contribution in [2.24, 2.45) is 11.3 Å². The Morgan fingerprint density at radius 3 is 2.33 bits per heavy atom. The van der Waals surface area contributed by atoms with Gasteiger partial charge in [-0.3, -0.25) is 9.59 Å². The summed E-state index contributed by atoms with van der Waals surface area (Å²) >= 11 is 0. The van der Waals surface area contributed by atoms with Crippen LogP contribution in [0.3, 0.4) is 0 Å². The van der Waals surface area contributed by atoms with Crippen LogP contribution in [0.4, 0.5) is 4.79 Å². The molecule has 1 N–H and O–H groups in total. The minimum Gasteiger partial charge on any atom is -0.465 e. The third kappa shape index (κ3) is 3.59. The summed E-state index contributed by atoms with van der Waals surface area (Å²) in [6, 6.07) is -0.881. The van der Waals surface area contributed by atoms with E-state index in [0.29, 0.717) is 0 Å². The van der Waals surface area contributed by atoms with Crippen LogP contribution in [0.5, 0.6) is 0 Å². The number of Topliss-reactive ketones (excluding diaryl/α,β-unsaturated/α-hetero) is 2. The van der Waals surface area contributed by atoms with E-state index in [4.69, 9.17) is 0 Å². The number of rotatable bonds is 3. The third-order valence-corrected chi connectivity index (χ3v) is 3.49. The number of piperidine rings is 1. The van der Waals surface area contributed by atoms with E-state index in [2.05, 4.69) is 4.74 Å². The van der Waals surface area contributed by atoms with Gasteiger partial charge in [0.1, 0.15) is 11.7 Å². The average Bonchev–Trinajstić information content (AvgIpc) is 2.36. The Labute approximate surface area is 123 Å². The van der Waals surface area contributed by atoms with Crippen molar-refractivity contribution in [1.82, 2.24) is 4.90 Å². The molecule has 0 spiro atoms. The van der Waals surface area contributed by atoms with Crippen molar-refractivity contribution in [2.75, 3.05) is 13.2 Å². The van der Waals surface area contributed by atoms with Gasteiger partial charge in [-0.05, 0) is 12.3 Å². The summed E-state index contributed by atoms with van der Waals surface area (Å²) in [5.74, 6) is -3.76. The lowest BCUT2D eigenvalue weighted by atomic mass is 9.72. The fourth-order valence-corrected chi connectivity index (χ4v) is 2.68. The molecule has 1 rings (SSSR count). The minimum atomic E-state index is -1.30. The Morgan fingerprint density at radius 1 is 1.33 bits per heavy atom. The standard InChI is InChI=1S/C14H21NO6/c1-5-21-12(18)10(17)9-8(16)6-7-15(13(19)20)11(9)14(2,3)4/h9,11H,5-7H2,1-4H3,(H,19,20). The maximum absolute atomic E-state index is 12.2. The lowest BCUT2D eigenvalue weighted by Crippen LogP contribution is -2.60. The first-order valence-electron chi connectivity index (χ1n) is 6.84. The van der Waals surface area contributed by atoms with Crippen LogP contribution >= 0.6 is 0 Å². The quantitative estimate of drug-likeness (QED) is 0.476. The molecule has 1 heterocycles. The highest BCUT2D eigenvalue weighted by molar-refractivity contribution is 6.38. The minimum absolute atomic E-state index is 0.0221. The van der Waals surface area contributed by atoms with Crippen molar-refractivity contribution >= 4 is 23.6 Å². The fourth-order valence-electron chi connectivity index (χ4n) is 2.68. The lowest BCUT2D eigenvalue weighted by Gasteiger charge is -2.44. The molecule has 0 bridgehead atoms. The van der Waals surface area contributed by atoms with Crippen LogP contribution in [0.25, 0.3) is 0 Å². The Bertz CT molecular complexity index is 465. The Balaban J connectivity index is 3.21. The largest absolute Gasteiger partial charge is 0.465 e. The molecular weight excluding hydrogens is 278 g/mol. The van der Waals surface area contributed by atoms with Gasteiger partial charge in [-0.1, -0.05) is 20.8 Å². The van der Waals surface area contributed by atoms with E-state index in [-0.39, 0.29) is 19.6 Å². The number of carbonyl (C=O) groups excluding carboxylic acids is 3. The van der Waals surface area contributed by atoms with E-state index < -0.39 is 41.0 Å². The van der Waals surface area contributed by atoms with Gasteiger partial charge in [-0.25, -0.2) is 9.59 Å². The third-order valence-electron chi connectivity index (χ3n) is 3.49. The number of ketones is 2. The molecule has 1 aliphatic rings. The number of amides is 1. The molecule has 0 aromatic carbocycles. The van der Waals surface area contributed by atoms with Gasteiger partial charge < -0.3 is 14.7 Å². The van der Waals surface area contributed by atoms with Crippen molar-refractivity contribution < 1.29 is 29.0 Å². The molecule has 1 saturated heterocycles. The van der Waals surface area contributed by atoms with Gasteiger partial charge >= 0.3 is 12.1 Å². The smallest absolute Gasteiger partial charge is 0.407 e. The summed E-state index contributed by atoms with van der Waals surface area (Å²) in [4.78, 5) is 48.4. The average molecular weight is 299 g/mol. The Kier molecular flexibility index (Phi) is 5.09. The molecule has 7 nitrogen and oxygen atoms in total. The highest BCUT2D eigenvalue weighted by atomic mass is 16.5. The molecule has 0 saturated carbocycles. The molecule has 118 valence electrons. The zero-order chi connectivity index (χ0) is 16.4. The maximum atomic E-state index is 12.2. The Morgan fingerprint density at radius 2 is 1.90 bits per heavy atom. The van der Waals surface area contributed by atoms with Crippen LogP contribution in [0, 0.1) is 11.3 Å². The molecule has 1 aliphatic heterocycles. The first-order chi connectivity index (χ1) is 9.61. The van der Waals surface area contributed by atoms with Crippen molar-refractivity contribution in [3.8, 4) is 0 Å². The van der Waals surface area contributed by atoms with Gasteiger partial charge in [0.25, 0.3) is 5.78 Å². The lowest BCUT2D eigenvalue weighted by molar-refractivity contribution is -0.160. The van der Waals surface area contributed by atoms with Gasteiger partial charge in [0.05, 0.1) is 12.6 Å². The summed E-state index contributed by atoms with van der Waals surface area (Å²) in [5.41, 5.74) is -0.665. The van der Waals surface area contributed by atoms with E-state index in [0.717, 1.165) is 4.90 Å². The second-order valence-corrected chi connectivity index (χ2v) is 6.07. The van der Waals surface area contributed by atoms with Crippen LogP contribution in [0.2, 0.25) is 0 Å². The van der Waals surface area contributed by atoms with Gasteiger partial charge in [0, 0.05) is 13.0 Å². The predicted molar refractivity (Wildman–Crippen MR) is 72.7 cm³/mol. The highest BCUT2D eigenvalue weighted by Crippen LogP contribution is 2.35. The number of nitrogens with zero attached hydrogens (tertiary/aromatic N) is 1. The number of carbonyl (C=O) groups is 4. The fraction of sp³-hybridized carbons (Fsp3) is 0.714. The molecule has 1 amide bonds. The first-order valence-corrected chi connectivity index (χ1v) is 6.84. The monoisotopic (exact) mass is 299 g/mol. The van der Waals surface area contributed by atoms with E-state index in [1.165, 1.54) is 0 Å². The first kappa shape index (κ1) is 17.1. The van der Waals surface area contributed by atoms with Crippen LogP contribution in [-0.4, -0.2) is 52.8 Å². The molecule has 21 heavy (non-hydrogen) atoms. The normalized spacial score (nSPS) is 22.9. The number of hydrogen-bond acceptors (Lipinski definition) is 5. The number of carboxylic acid groups (broad SMARTS) is 1. The zero-order valence-electron chi connectivity index (χ0n) is 12.7. The second kappa shape index (κ2) is 6.24. The molecule has 1 fully saturated rings. The van der Waals surface area contributed by atoms with Crippen molar-refractivity contribution in [3.63, 3.8) is 0 Å². The van der Waals surface area contributed by atoms with Gasteiger partial charge in [0.2, 0.25) is 0 Å². The molecule has 0 aromatic rings. The van der Waals surface area contributed by atoms with E-state index in [9.17, 15) is 24.3 Å². The summed E-state index contributed by atoms with van der Waals surface area (Å²) in [7, 11) is 0. The summed E-state index contributed by atoms with van der Waals surface area (Å²) in [5, 5.41) is 9.29. The SMILES string of the molecule is CCOC(=O)C(=O)C1C(=O)CCN(C(=O)O)C1C(C)(C)C. The number of likely N-dealkylation sites (tertiary alicyclic amines) is 1. The van der Waals surface area contributed by atoms with Gasteiger partial charge in [-0.15, -0.1) is 0 Å². The molecule has 7 heteroatoms. The summed E-state index contributed by atoms with van der Waals surface area (Å²) < 4.78 is 4.66. The van der Waals surface area contributed by atoms with Gasteiger partial charge in [0.15, 0.2) is 0 Å². The topological polar surface area (TPSA) is 101 Å². The second-order valence-electron chi connectivity index (χ2n) is 6.07. The van der Waals surface area contributed by atoms with E-state index >= 15 is 0 Å². The van der Waals surface area contributed by atoms with Gasteiger partial charge in [-0.2, -0.15) is 0 Å². The Hall–Kier alpha value is -1.92. The summed E-state index contributed by atoms with van der Waals surface area (Å²) in [6.07, 6.45) is -1.28. The maximum Gasteiger partial charge on any atom is 0.407 e. The number of hydrogen-bond donors (Lipinski definition) is 1. The van der Waals surface area contributed by atoms with Crippen LogP contribution < -0.4 is 0 Å². The molecule has 0 radical (unpaired) electrons. The highest BCUT2D eigenvalue weighted by Gasteiger charge is 2.50. The molecule has 2 atom stereocenters. The molecule has 0 aliphatic carbocycles. The molecule has 2 unspecified atom stereocenters. The van der Waals surface area contributed by atoms with Crippen molar-refractivity contribution in [1.29, 1.82) is 0 Å². The summed E-state index contributed by atoms with van der Waals surface area (Å²) in [6.45, 7) is 6.81. The van der Waals surface area contributed by atoms with Crippen molar-refractivity contribution in [3.05, 3.63) is 0 Å². The predicted octanol–water partition coefficient (Wildman–Crippen LogP) is 1.10. The molecule has 0 aromatic heterocycles. The van der Waals surface area contributed by atoms with Crippen molar-refractivity contribution in [2.45, 2.75) is 40.2 Å². The van der Waals surface area contributed by atoms with Crippen LogP contribution in [-0.2, 0) is 19.1 Å². The van der Waals surface area contributed by atoms with Crippen LogP contribution in [0.15, 0.2) is 0 Å².